The number of hydrogen-bond acceptors (Lipinski definition) is 4. The number of halogens is 1. The van der Waals surface area contributed by atoms with E-state index in [1.54, 1.807) is 7.05 Å². The minimum atomic E-state index is -0.601. The molecule has 1 atom stereocenters. The number of ether oxygens (including phenoxy) is 1. The molecule has 1 aromatic heterocycles. The summed E-state index contributed by atoms with van der Waals surface area (Å²) in [4.78, 5) is 28.4. The highest BCUT2D eigenvalue weighted by molar-refractivity contribution is 6.32. The van der Waals surface area contributed by atoms with E-state index in [4.69, 9.17) is 16.3 Å². The molecule has 6 nitrogen and oxygen atoms in total. The van der Waals surface area contributed by atoms with Crippen LogP contribution in [0.4, 0.5) is 0 Å². The maximum absolute atomic E-state index is 12.4. The van der Waals surface area contributed by atoms with Crippen molar-refractivity contribution in [1.29, 1.82) is 0 Å². The number of nitrogens with one attached hydrogen (secondary N) is 2. The van der Waals surface area contributed by atoms with Gasteiger partial charge in [0, 0.05) is 13.1 Å². The normalized spacial score (nSPS) is 15.0. The van der Waals surface area contributed by atoms with Crippen molar-refractivity contribution in [2.24, 2.45) is 11.8 Å². The standard InChI is InChI=1S/C17H24ClN3O3/c1-10(2)6-14(16(22)19-3)21-17(23)13-7-15(12(18)8-20-13)24-9-11-4-5-11/h7-8,10-11,14H,4-6,9H2,1-3H3,(H,19,22)(H,21,23). The van der Waals surface area contributed by atoms with Gasteiger partial charge in [0.15, 0.2) is 0 Å². The lowest BCUT2D eigenvalue weighted by Gasteiger charge is -2.19. The summed E-state index contributed by atoms with van der Waals surface area (Å²) in [5.41, 5.74) is 0.183. The molecule has 24 heavy (non-hydrogen) atoms. The first-order chi connectivity index (χ1) is 11.4. The van der Waals surface area contributed by atoms with Crippen molar-refractivity contribution in [2.45, 2.75) is 39.2 Å². The first-order valence-corrected chi connectivity index (χ1v) is 8.59. The number of carbonyl (C=O) groups is 2. The summed E-state index contributed by atoms with van der Waals surface area (Å²) in [6, 6.07) is 0.923. The van der Waals surface area contributed by atoms with Gasteiger partial charge in [-0.1, -0.05) is 25.4 Å². The van der Waals surface area contributed by atoms with Crippen LogP contribution in [0.3, 0.4) is 0 Å². The van der Waals surface area contributed by atoms with E-state index >= 15 is 0 Å². The Kier molecular flexibility index (Phi) is 6.43. The van der Waals surface area contributed by atoms with Gasteiger partial charge in [-0.05, 0) is 31.1 Å². The highest BCUT2D eigenvalue weighted by atomic mass is 35.5. The Labute approximate surface area is 147 Å². The Balaban J connectivity index is 2.06. The van der Waals surface area contributed by atoms with Gasteiger partial charge in [-0.15, -0.1) is 0 Å². The number of nitrogens with zero attached hydrogens (tertiary/aromatic N) is 1. The molecule has 7 heteroatoms. The largest absolute Gasteiger partial charge is 0.492 e. The zero-order valence-electron chi connectivity index (χ0n) is 14.3. The van der Waals surface area contributed by atoms with Crippen molar-refractivity contribution in [1.82, 2.24) is 15.6 Å². The number of pyridine rings is 1. The molecule has 1 aliphatic carbocycles. The van der Waals surface area contributed by atoms with Crippen LogP contribution in [0.1, 0.15) is 43.6 Å². The smallest absolute Gasteiger partial charge is 0.270 e. The SMILES string of the molecule is CNC(=O)C(CC(C)C)NC(=O)c1cc(OCC2CC2)c(Cl)cn1. The molecule has 132 valence electrons. The Morgan fingerprint density at radius 3 is 2.71 bits per heavy atom. The quantitative estimate of drug-likeness (QED) is 0.752. The van der Waals surface area contributed by atoms with Crippen molar-refractivity contribution in [3.05, 3.63) is 23.0 Å². The van der Waals surface area contributed by atoms with Crippen molar-refractivity contribution in [3.63, 3.8) is 0 Å². The molecule has 0 aromatic carbocycles. The maximum Gasteiger partial charge on any atom is 0.270 e. The van der Waals surface area contributed by atoms with Crippen molar-refractivity contribution in [3.8, 4) is 5.75 Å². The summed E-state index contributed by atoms with van der Waals surface area (Å²) in [5, 5.41) is 5.67. The molecule has 1 saturated carbocycles. The molecule has 0 spiro atoms. The number of amides is 2. The van der Waals surface area contributed by atoms with Crippen molar-refractivity contribution >= 4 is 23.4 Å². The van der Waals surface area contributed by atoms with Crippen LogP contribution >= 0.6 is 11.6 Å². The van der Waals surface area contributed by atoms with Crippen LogP contribution in [0.25, 0.3) is 0 Å². The van der Waals surface area contributed by atoms with Crippen molar-refractivity contribution < 1.29 is 14.3 Å². The van der Waals surface area contributed by atoms with Crippen LogP contribution in [0.15, 0.2) is 12.3 Å². The van der Waals surface area contributed by atoms with Gasteiger partial charge in [0.2, 0.25) is 5.91 Å². The maximum atomic E-state index is 12.4. The summed E-state index contributed by atoms with van der Waals surface area (Å²) >= 11 is 6.07. The van der Waals surface area contributed by atoms with Crippen LogP contribution in [0.2, 0.25) is 5.02 Å². The second-order valence-corrected chi connectivity index (χ2v) is 6.93. The fourth-order valence-corrected chi connectivity index (χ4v) is 2.41. The van der Waals surface area contributed by atoms with Gasteiger partial charge in [0.1, 0.15) is 22.5 Å². The molecule has 2 N–H and O–H groups in total. The summed E-state index contributed by atoms with van der Waals surface area (Å²) in [5.74, 6) is 0.649. The lowest BCUT2D eigenvalue weighted by molar-refractivity contribution is -0.122. The summed E-state index contributed by atoms with van der Waals surface area (Å²) < 4.78 is 5.66. The number of aromatic nitrogens is 1. The average Bonchev–Trinajstić information content (AvgIpc) is 3.36. The van der Waals surface area contributed by atoms with E-state index in [1.807, 2.05) is 13.8 Å². The van der Waals surface area contributed by atoms with Gasteiger partial charge in [-0.25, -0.2) is 4.98 Å². The average molecular weight is 354 g/mol. The first kappa shape index (κ1) is 18.5. The first-order valence-electron chi connectivity index (χ1n) is 8.21. The number of rotatable bonds is 8. The van der Waals surface area contributed by atoms with E-state index in [0.717, 1.165) is 0 Å². The van der Waals surface area contributed by atoms with E-state index in [0.29, 0.717) is 29.7 Å². The summed E-state index contributed by atoms with van der Waals surface area (Å²) in [6.45, 7) is 4.58. The van der Waals surface area contributed by atoms with E-state index in [9.17, 15) is 9.59 Å². The van der Waals surface area contributed by atoms with Gasteiger partial charge in [0.05, 0.1) is 12.8 Å². The predicted molar refractivity (Wildman–Crippen MR) is 92.2 cm³/mol. The summed E-state index contributed by atoms with van der Waals surface area (Å²) in [6.07, 6.45) is 4.28. The molecule has 1 aliphatic rings. The Hall–Kier alpha value is -1.82. The third kappa shape index (κ3) is 5.37. The zero-order chi connectivity index (χ0) is 17.7. The van der Waals surface area contributed by atoms with Gasteiger partial charge >= 0.3 is 0 Å². The van der Waals surface area contributed by atoms with E-state index in [2.05, 4.69) is 15.6 Å². The fraction of sp³-hybridized carbons (Fsp3) is 0.588. The molecule has 2 rings (SSSR count). The highest BCUT2D eigenvalue weighted by Crippen LogP contribution is 2.31. The minimum Gasteiger partial charge on any atom is -0.492 e. The minimum absolute atomic E-state index is 0.183. The Bertz CT molecular complexity index is 603. The number of likely N-dealkylation sites (N-methyl/N-ethyl adjacent to an activating group) is 1. The molecule has 0 aliphatic heterocycles. The number of hydrogen-bond donors (Lipinski definition) is 2. The van der Waals surface area contributed by atoms with Crippen LogP contribution < -0.4 is 15.4 Å². The molecule has 0 bridgehead atoms. The third-order valence-electron chi connectivity index (χ3n) is 3.80. The van der Waals surface area contributed by atoms with E-state index in [-0.39, 0.29) is 17.5 Å². The molecular formula is C17H24ClN3O3. The van der Waals surface area contributed by atoms with Crippen molar-refractivity contribution in [2.75, 3.05) is 13.7 Å². The molecule has 2 amide bonds. The van der Waals surface area contributed by atoms with E-state index in [1.165, 1.54) is 25.1 Å². The van der Waals surface area contributed by atoms with Crippen LogP contribution in [-0.4, -0.2) is 36.5 Å². The molecule has 1 unspecified atom stereocenters. The van der Waals surface area contributed by atoms with Gasteiger partial charge in [-0.2, -0.15) is 0 Å². The van der Waals surface area contributed by atoms with Gasteiger partial charge in [0.25, 0.3) is 5.91 Å². The van der Waals surface area contributed by atoms with Gasteiger partial charge in [-0.3, -0.25) is 9.59 Å². The Morgan fingerprint density at radius 2 is 2.12 bits per heavy atom. The lowest BCUT2D eigenvalue weighted by Crippen LogP contribution is -2.46. The highest BCUT2D eigenvalue weighted by Gasteiger charge is 2.24. The summed E-state index contributed by atoms with van der Waals surface area (Å²) in [7, 11) is 1.55. The molecule has 1 fully saturated rings. The molecule has 0 saturated heterocycles. The topological polar surface area (TPSA) is 80.3 Å². The molecular weight excluding hydrogens is 330 g/mol. The van der Waals surface area contributed by atoms with Gasteiger partial charge < -0.3 is 15.4 Å². The fourth-order valence-electron chi connectivity index (χ4n) is 2.26. The monoisotopic (exact) mass is 353 g/mol. The number of carbonyl (C=O) groups excluding carboxylic acids is 2. The Morgan fingerprint density at radius 1 is 1.42 bits per heavy atom. The predicted octanol–water partition coefficient (Wildman–Crippen LogP) is 2.41. The second-order valence-electron chi connectivity index (χ2n) is 6.52. The van der Waals surface area contributed by atoms with Crippen LogP contribution in [-0.2, 0) is 4.79 Å². The lowest BCUT2D eigenvalue weighted by atomic mass is 10.0. The molecule has 0 radical (unpaired) electrons. The van der Waals surface area contributed by atoms with Crippen LogP contribution in [0, 0.1) is 11.8 Å². The third-order valence-corrected chi connectivity index (χ3v) is 4.08. The van der Waals surface area contributed by atoms with Crippen LogP contribution in [0.5, 0.6) is 5.75 Å². The molecule has 1 heterocycles. The second kappa shape index (κ2) is 8.33. The molecule has 1 aromatic rings. The zero-order valence-corrected chi connectivity index (χ0v) is 15.0. The van der Waals surface area contributed by atoms with E-state index < -0.39 is 11.9 Å².